The van der Waals surface area contributed by atoms with Gasteiger partial charge in [-0.3, -0.25) is 13.9 Å². The van der Waals surface area contributed by atoms with Gasteiger partial charge in [0.2, 0.25) is 11.8 Å². The first-order chi connectivity index (χ1) is 19.6. The number of hydrogen-bond acceptors (Lipinski definition) is 5. The Morgan fingerprint density at radius 1 is 1.05 bits per heavy atom. The number of amides is 2. The van der Waals surface area contributed by atoms with E-state index in [1.807, 2.05) is 0 Å². The van der Waals surface area contributed by atoms with Crippen LogP contribution in [0.4, 0.5) is 10.1 Å². The maximum absolute atomic E-state index is 14.7. The fraction of sp³-hybridized carbons (Fsp3) is 0.333. The van der Waals surface area contributed by atoms with Crippen LogP contribution in [0.1, 0.15) is 38.2 Å². The lowest BCUT2D eigenvalue weighted by Gasteiger charge is -2.32. The van der Waals surface area contributed by atoms with Crippen LogP contribution in [0.3, 0.4) is 0 Å². The third-order valence-electron chi connectivity index (χ3n) is 7.20. The van der Waals surface area contributed by atoms with Gasteiger partial charge in [0, 0.05) is 18.2 Å². The average Bonchev–Trinajstić information content (AvgIpc) is 3.48. The van der Waals surface area contributed by atoms with Crippen LogP contribution >= 0.6 is 11.6 Å². The Morgan fingerprint density at radius 2 is 1.71 bits per heavy atom. The first-order valence-corrected chi connectivity index (χ1v) is 15.2. The van der Waals surface area contributed by atoms with Crippen LogP contribution in [0.5, 0.6) is 5.75 Å². The van der Waals surface area contributed by atoms with Gasteiger partial charge in [0.15, 0.2) is 0 Å². The molecule has 0 aliphatic heterocycles. The maximum atomic E-state index is 14.7. The SMILES string of the molecule is COc1ccc(N(CC(=O)N(Cc2ccccc2F)[C@@H](C)C(=O)NC2CCCC2)S(=O)(=O)c2ccccc2)cc1Cl. The Kier molecular flexibility index (Phi) is 9.88. The van der Waals surface area contributed by atoms with Crippen molar-refractivity contribution in [3.05, 3.63) is 89.2 Å². The standard InChI is InChI=1S/C30H33ClFN3O5S/c1-21(30(37)33-23-11-7-8-12-23)34(19-22-10-6-9-15-27(22)32)29(36)20-35(24-16-17-28(40-2)26(31)18-24)41(38,39)25-13-4-3-5-14-25/h3-6,9-10,13-18,21,23H,7-8,11-12,19-20H2,1-2H3,(H,33,37)/t21-/m0/s1. The van der Waals surface area contributed by atoms with Crippen molar-refractivity contribution in [1.29, 1.82) is 0 Å². The summed E-state index contributed by atoms with van der Waals surface area (Å²) in [6, 6.07) is 17.0. The number of sulfonamides is 1. The summed E-state index contributed by atoms with van der Waals surface area (Å²) in [6.45, 7) is 0.673. The van der Waals surface area contributed by atoms with Crippen LogP contribution < -0.4 is 14.4 Å². The van der Waals surface area contributed by atoms with E-state index in [4.69, 9.17) is 16.3 Å². The van der Waals surface area contributed by atoms with Crippen LogP contribution in [0.15, 0.2) is 77.7 Å². The molecule has 218 valence electrons. The zero-order valence-electron chi connectivity index (χ0n) is 22.9. The van der Waals surface area contributed by atoms with E-state index in [9.17, 15) is 22.4 Å². The van der Waals surface area contributed by atoms with Crippen molar-refractivity contribution in [2.75, 3.05) is 18.0 Å². The molecule has 1 atom stereocenters. The van der Waals surface area contributed by atoms with Crippen LogP contribution in [0, 0.1) is 5.82 Å². The molecule has 1 saturated carbocycles. The van der Waals surface area contributed by atoms with Crippen LogP contribution in [-0.2, 0) is 26.2 Å². The summed E-state index contributed by atoms with van der Waals surface area (Å²) < 4.78 is 48.5. The summed E-state index contributed by atoms with van der Waals surface area (Å²) in [7, 11) is -2.82. The fourth-order valence-electron chi connectivity index (χ4n) is 4.84. The molecule has 0 unspecified atom stereocenters. The molecular formula is C30H33ClFN3O5S. The van der Waals surface area contributed by atoms with Gasteiger partial charge in [-0.15, -0.1) is 0 Å². The summed E-state index contributed by atoms with van der Waals surface area (Å²) in [4.78, 5) is 28.4. The molecule has 1 N–H and O–H groups in total. The van der Waals surface area contributed by atoms with Crippen LogP contribution in [0.25, 0.3) is 0 Å². The number of nitrogens with zero attached hydrogens (tertiary/aromatic N) is 2. The highest BCUT2D eigenvalue weighted by atomic mass is 35.5. The van der Waals surface area contributed by atoms with Gasteiger partial charge in [0.25, 0.3) is 10.0 Å². The van der Waals surface area contributed by atoms with Gasteiger partial charge in [0.1, 0.15) is 24.2 Å². The summed E-state index contributed by atoms with van der Waals surface area (Å²) >= 11 is 6.33. The van der Waals surface area contributed by atoms with E-state index in [1.54, 1.807) is 31.2 Å². The van der Waals surface area contributed by atoms with Gasteiger partial charge >= 0.3 is 0 Å². The molecule has 0 bridgehead atoms. The number of hydrogen-bond donors (Lipinski definition) is 1. The number of carbonyl (C=O) groups is 2. The minimum atomic E-state index is -4.25. The van der Waals surface area contributed by atoms with E-state index in [1.165, 1.54) is 60.5 Å². The van der Waals surface area contributed by atoms with Gasteiger partial charge in [-0.05, 0) is 56.2 Å². The summed E-state index contributed by atoms with van der Waals surface area (Å²) in [5, 5.41) is 3.14. The lowest BCUT2D eigenvalue weighted by atomic mass is 10.1. The van der Waals surface area contributed by atoms with Crippen molar-refractivity contribution in [3.63, 3.8) is 0 Å². The van der Waals surface area contributed by atoms with E-state index >= 15 is 0 Å². The second-order valence-corrected chi connectivity index (χ2v) is 12.2. The van der Waals surface area contributed by atoms with Gasteiger partial charge in [-0.1, -0.05) is 60.8 Å². The Labute approximate surface area is 245 Å². The molecule has 2 amide bonds. The molecule has 1 aliphatic carbocycles. The molecule has 0 spiro atoms. The molecule has 4 rings (SSSR count). The first kappa shape index (κ1) is 30.3. The monoisotopic (exact) mass is 601 g/mol. The molecule has 8 nitrogen and oxygen atoms in total. The summed E-state index contributed by atoms with van der Waals surface area (Å²) in [6.07, 6.45) is 3.71. The lowest BCUT2D eigenvalue weighted by molar-refractivity contribution is -0.139. The number of rotatable bonds is 11. The normalized spacial score (nSPS) is 14.3. The van der Waals surface area contributed by atoms with Crippen LogP contribution in [-0.4, -0.2) is 50.9 Å². The third-order valence-corrected chi connectivity index (χ3v) is 9.28. The largest absolute Gasteiger partial charge is 0.495 e. The number of halogens is 2. The Balaban J connectivity index is 1.71. The van der Waals surface area contributed by atoms with Gasteiger partial charge < -0.3 is 15.0 Å². The Morgan fingerprint density at radius 3 is 2.34 bits per heavy atom. The third kappa shape index (κ3) is 7.18. The topological polar surface area (TPSA) is 96.0 Å². The molecule has 0 heterocycles. The molecule has 0 radical (unpaired) electrons. The number of anilines is 1. The molecular weight excluding hydrogens is 569 g/mol. The molecule has 3 aromatic rings. The molecule has 41 heavy (non-hydrogen) atoms. The molecule has 0 aromatic heterocycles. The van der Waals surface area contributed by atoms with Gasteiger partial charge in [-0.25, -0.2) is 12.8 Å². The minimum absolute atomic E-state index is 0.00626. The van der Waals surface area contributed by atoms with Crippen molar-refractivity contribution in [2.45, 2.75) is 56.1 Å². The maximum Gasteiger partial charge on any atom is 0.264 e. The zero-order chi connectivity index (χ0) is 29.6. The van der Waals surface area contributed by atoms with Crippen molar-refractivity contribution >= 4 is 39.1 Å². The highest BCUT2D eigenvalue weighted by molar-refractivity contribution is 7.92. The van der Waals surface area contributed by atoms with Crippen molar-refractivity contribution in [1.82, 2.24) is 10.2 Å². The van der Waals surface area contributed by atoms with E-state index < -0.39 is 34.3 Å². The quantitative estimate of drug-likeness (QED) is 0.328. The number of nitrogens with one attached hydrogen (secondary N) is 1. The highest BCUT2D eigenvalue weighted by Gasteiger charge is 2.34. The summed E-state index contributed by atoms with van der Waals surface area (Å²) in [5.41, 5.74) is 0.327. The Bertz CT molecular complexity index is 1480. The van der Waals surface area contributed by atoms with Gasteiger partial charge in [0.05, 0.1) is 22.7 Å². The van der Waals surface area contributed by atoms with E-state index in [2.05, 4.69) is 5.32 Å². The van der Waals surface area contributed by atoms with Crippen molar-refractivity contribution in [2.24, 2.45) is 0 Å². The second kappa shape index (κ2) is 13.4. The Hall–Kier alpha value is -3.63. The predicted molar refractivity (Wildman–Crippen MR) is 156 cm³/mol. The number of ether oxygens (including phenoxy) is 1. The van der Waals surface area contributed by atoms with E-state index in [-0.39, 0.29) is 39.7 Å². The fourth-order valence-corrected chi connectivity index (χ4v) is 6.52. The van der Waals surface area contributed by atoms with Crippen molar-refractivity contribution in [3.8, 4) is 5.75 Å². The lowest BCUT2D eigenvalue weighted by Crippen LogP contribution is -2.52. The smallest absolute Gasteiger partial charge is 0.264 e. The average molecular weight is 602 g/mol. The van der Waals surface area contributed by atoms with E-state index in [0.717, 1.165) is 30.0 Å². The number of methoxy groups -OCH3 is 1. The van der Waals surface area contributed by atoms with E-state index in [0.29, 0.717) is 5.75 Å². The van der Waals surface area contributed by atoms with Crippen molar-refractivity contribution < 1.29 is 27.1 Å². The molecule has 1 fully saturated rings. The highest BCUT2D eigenvalue weighted by Crippen LogP contribution is 2.32. The molecule has 0 saturated heterocycles. The number of benzene rings is 3. The summed E-state index contributed by atoms with van der Waals surface area (Å²) in [5.74, 6) is -1.28. The molecule has 3 aromatic carbocycles. The predicted octanol–water partition coefficient (Wildman–Crippen LogP) is 5.16. The molecule has 1 aliphatic rings. The number of carbonyl (C=O) groups excluding carboxylic acids is 2. The minimum Gasteiger partial charge on any atom is -0.495 e. The first-order valence-electron chi connectivity index (χ1n) is 13.4. The van der Waals surface area contributed by atoms with Gasteiger partial charge in [-0.2, -0.15) is 0 Å². The van der Waals surface area contributed by atoms with Crippen LogP contribution in [0.2, 0.25) is 5.02 Å². The zero-order valence-corrected chi connectivity index (χ0v) is 24.5. The molecule has 11 heteroatoms. The second-order valence-electron chi connectivity index (χ2n) is 9.92.